The first-order chi connectivity index (χ1) is 12.6. The summed E-state index contributed by atoms with van der Waals surface area (Å²) in [4.78, 5) is 20.5. The van der Waals surface area contributed by atoms with Gasteiger partial charge in [0.25, 0.3) is 5.91 Å². The van der Waals surface area contributed by atoms with Crippen molar-refractivity contribution in [3.63, 3.8) is 0 Å². The van der Waals surface area contributed by atoms with Crippen molar-refractivity contribution >= 4 is 22.2 Å². The standard InChI is InChI=1S/C20H21N3O2S/c1-13(2)16-8-6-10-22(16)19(24)17-12-26-20-21-15(11-23(17)20)14-7-4-5-9-18(14)25-3/h4-9,11-13,16H,10H2,1-3H3/t16-/m0/s1. The van der Waals surface area contributed by atoms with Gasteiger partial charge in [0.05, 0.1) is 18.8 Å². The number of amides is 1. The number of aromatic nitrogens is 2. The van der Waals surface area contributed by atoms with Gasteiger partial charge in [-0.2, -0.15) is 0 Å². The second-order valence-corrected chi connectivity index (χ2v) is 7.56. The van der Waals surface area contributed by atoms with Crippen LogP contribution in [-0.2, 0) is 0 Å². The number of carbonyl (C=O) groups excluding carboxylic acids is 1. The second kappa shape index (κ2) is 6.61. The van der Waals surface area contributed by atoms with Gasteiger partial charge in [0.1, 0.15) is 11.4 Å². The van der Waals surface area contributed by atoms with E-state index in [1.54, 1.807) is 7.11 Å². The third-order valence-electron chi connectivity index (χ3n) is 4.75. The van der Waals surface area contributed by atoms with Crippen LogP contribution in [0.4, 0.5) is 0 Å². The summed E-state index contributed by atoms with van der Waals surface area (Å²) in [5.41, 5.74) is 2.39. The van der Waals surface area contributed by atoms with E-state index in [1.165, 1.54) is 11.3 Å². The first-order valence-corrected chi connectivity index (χ1v) is 9.55. The molecule has 0 aliphatic carbocycles. The molecule has 6 heteroatoms. The number of thiazole rings is 1. The number of carbonyl (C=O) groups is 1. The number of hydrogen-bond donors (Lipinski definition) is 0. The van der Waals surface area contributed by atoms with Crippen LogP contribution < -0.4 is 4.74 Å². The van der Waals surface area contributed by atoms with E-state index >= 15 is 0 Å². The Bertz CT molecular complexity index is 986. The van der Waals surface area contributed by atoms with Gasteiger partial charge in [-0.1, -0.05) is 38.1 Å². The minimum atomic E-state index is 0.0453. The number of nitrogens with zero attached hydrogens (tertiary/aromatic N) is 3. The highest BCUT2D eigenvalue weighted by Crippen LogP contribution is 2.31. The molecule has 0 saturated carbocycles. The number of hydrogen-bond acceptors (Lipinski definition) is 4. The van der Waals surface area contributed by atoms with Crippen LogP contribution in [0, 0.1) is 5.92 Å². The molecular weight excluding hydrogens is 346 g/mol. The molecule has 1 aromatic carbocycles. The minimum Gasteiger partial charge on any atom is -0.496 e. The molecule has 0 unspecified atom stereocenters. The monoisotopic (exact) mass is 367 g/mol. The molecule has 0 spiro atoms. The lowest BCUT2D eigenvalue weighted by Gasteiger charge is -2.27. The van der Waals surface area contributed by atoms with E-state index in [0.29, 0.717) is 18.2 Å². The highest BCUT2D eigenvalue weighted by molar-refractivity contribution is 7.15. The summed E-state index contributed by atoms with van der Waals surface area (Å²) in [6.45, 7) is 4.94. The molecule has 0 saturated heterocycles. The van der Waals surface area contributed by atoms with Crippen LogP contribution >= 0.6 is 11.3 Å². The molecule has 1 aliphatic heterocycles. The van der Waals surface area contributed by atoms with Crippen molar-refractivity contribution in [1.82, 2.24) is 14.3 Å². The molecule has 0 fully saturated rings. The van der Waals surface area contributed by atoms with Gasteiger partial charge in [0.15, 0.2) is 4.96 Å². The zero-order valence-electron chi connectivity index (χ0n) is 15.0. The molecule has 0 radical (unpaired) electrons. The lowest BCUT2D eigenvalue weighted by molar-refractivity contribution is 0.0714. The summed E-state index contributed by atoms with van der Waals surface area (Å²) < 4.78 is 7.34. The number of ether oxygens (including phenoxy) is 1. The van der Waals surface area contributed by atoms with Crippen molar-refractivity contribution in [2.75, 3.05) is 13.7 Å². The Morgan fingerprint density at radius 3 is 2.92 bits per heavy atom. The zero-order chi connectivity index (χ0) is 18.3. The molecular formula is C20H21N3O2S. The summed E-state index contributed by atoms with van der Waals surface area (Å²) in [5.74, 6) is 1.21. The average Bonchev–Trinajstić information content (AvgIpc) is 3.35. The molecule has 2 aromatic heterocycles. The molecule has 5 nitrogen and oxygen atoms in total. The Labute approximate surface area is 156 Å². The van der Waals surface area contributed by atoms with Crippen molar-refractivity contribution in [3.05, 3.63) is 53.7 Å². The van der Waals surface area contributed by atoms with E-state index in [1.807, 2.05) is 45.1 Å². The summed E-state index contributed by atoms with van der Waals surface area (Å²) in [6.07, 6.45) is 6.12. The molecule has 1 amide bonds. The van der Waals surface area contributed by atoms with Crippen molar-refractivity contribution in [2.24, 2.45) is 5.92 Å². The normalized spacial score (nSPS) is 16.8. The molecule has 0 bridgehead atoms. The van der Waals surface area contributed by atoms with E-state index < -0.39 is 0 Å². The maximum absolute atomic E-state index is 13.1. The van der Waals surface area contributed by atoms with E-state index in [0.717, 1.165) is 22.0 Å². The lowest BCUT2D eigenvalue weighted by atomic mass is 10.0. The Balaban J connectivity index is 1.72. The fraction of sp³-hybridized carbons (Fsp3) is 0.300. The van der Waals surface area contributed by atoms with Crippen molar-refractivity contribution < 1.29 is 9.53 Å². The molecule has 134 valence electrons. The highest BCUT2D eigenvalue weighted by atomic mass is 32.1. The Morgan fingerprint density at radius 2 is 2.15 bits per heavy atom. The number of methoxy groups -OCH3 is 1. The van der Waals surface area contributed by atoms with Gasteiger partial charge in [-0.3, -0.25) is 9.20 Å². The predicted octanol–water partition coefficient (Wildman–Crippen LogP) is 4.11. The summed E-state index contributed by atoms with van der Waals surface area (Å²) in [5, 5.41) is 1.90. The van der Waals surface area contributed by atoms with Gasteiger partial charge in [0.2, 0.25) is 0 Å². The largest absolute Gasteiger partial charge is 0.496 e. The van der Waals surface area contributed by atoms with Gasteiger partial charge in [-0.15, -0.1) is 11.3 Å². The van der Waals surface area contributed by atoms with Crippen molar-refractivity contribution in [3.8, 4) is 17.0 Å². The Morgan fingerprint density at radius 1 is 1.35 bits per heavy atom. The van der Waals surface area contributed by atoms with Gasteiger partial charge >= 0.3 is 0 Å². The second-order valence-electron chi connectivity index (χ2n) is 6.72. The smallest absolute Gasteiger partial charge is 0.272 e. The third-order valence-corrected chi connectivity index (χ3v) is 5.59. The zero-order valence-corrected chi connectivity index (χ0v) is 15.9. The van der Waals surface area contributed by atoms with Crippen LogP contribution in [0.3, 0.4) is 0 Å². The molecule has 0 N–H and O–H groups in total. The van der Waals surface area contributed by atoms with Crippen LogP contribution in [0.15, 0.2) is 48.0 Å². The number of rotatable bonds is 4. The van der Waals surface area contributed by atoms with E-state index in [4.69, 9.17) is 9.72 Å². The third kappa shape index (κ3) is 2.70. The van der Waals surface area contributed by atoms with Crippen LogP contribution in [0.1, 0.15) is 24.3 Å². The Hall–Kier alpha value is -2.60. The lowest BCUT2D eigenvalue weighted by Crippen LogP contribution is -2.39. The predicted molar refractivity (Wildman–Crippen MR) is 104 cm³/mol. The summed E-state index contributed by atoms with van der Waals surface area (Å²) in [6, 6.07) is 7.93. The molecule has 3 heterocycles. The maximum atomic E-state index is 13.1. The Kier molecular flexibility index (Phi) is 4.28. The first kappa shape index (κ1) is 16.8. The molecule has 1 aliphatic rings. The van der Waals surface area contributed by atoms with E-state index in [9.17, 15) is 4.79 Å². The van der Waals surface area contributed by atoms with Gasteiger partial charge in [0, 0.05) is 23.7 Å². The fourth-order valence-electron chi connectivity index (χ4n) is 3.41. The SMILES string of the molecule is COc1ccccc1-c1cn2c(C(=O)N3CC=C[C@H]3C(C)C)csc2n1. The molecule has 26 heavy (non-hydrogen) atoms. The fourth-order valence-corrected chi connectivity index (χ4v) is 4.26. The maximum Gasteiger partial charge on any atom is 0.272 e. The number of para-hydroxylation sites is 1. The molecule has 3 aromatic rings. The van der Waals surface area contributed by atoms with Gasteiger partial charge in [-0.05, 0) is 18.1 Å². The van der Waals surface area contributed by atoms with Gasteiger partial charge < -0.3 is 9.64 Å². The van der Waals surface area contributed by atoms with Gasteiger partial charge in [-0.25, -0.2) is 4.98 Å². The topological polar surface area (TPSA) is 46.8 Å². The highest BCUT2D eigenvalue weighted by Gasteiger charge is 2.29. The number of benzene rings is 1. The van der Waals surface area contributed by atoms with Crippen LogP contribution in [0.2, 0.25) is 0 Å². The number of fused-ring (bicyclic) bond motifs is 1. The number of imidazole rings is 1. The minimum absolute atomic E-state index is 0.0453. The first-order valence-electron chi connectivity index (χ1n) is 8.67. The van der Waals surface area contributed by atoms with E-state index in [2.05, 4.69) is 26.0 Å². The van der Waals surface area contributed by atoms with E-state index in [-0.39, 0.29) is 11.9 Å². The molecule has 4 rings (SSSR count). The van der Waals surface area contributed by atoms with Crippen molar-refractivity contribution in [2.45, 2.75) is 19.9 Å². The summed E-state index contributed by atoms with van der Waals surface area (Å²) >= 11 is 1.48. The van der Waals surface area contributed by atoms with Crippen molar-refractivity contribution in [1.29, 1.82) is 0 Å². The van der Waals surface area contributed by atoms with Crippen LogP contribution in [0.25, 0.3) is 16.2 Å². The average molecular weight is 367 g/mol. The quantitative estimate of drug-likeness (QED) is 0.652. The molecule has 1 atom stereocenters. The summed E-state index contributed by atoms with van der Waals surface area (Å²) in [7, 11) is 1.65. The van der Waals surface area contributed by atoms with Crippen LogP contribution in [-0.4, -0.2) is 39.9 Å². The van der Waals surface area contributed by atoms with Crippen LogP contribution in [0.5, 0.6) is 5.75 Å².